The number of nitrogens with one attached hydrogen (secondary N) is 1. The topological polar surface area (TPSA) is 120 Å². The number of hydrogen-bond acceptors (Lipinski definition) is 6. The number of carbonyl (C=O) groups excluding carboxylic acids is 2. The first-order chi connectivity index (χ1) is 22.0. The number of benzene rings is 1. The van der Waals surface area contributed by atoms with Crippen molar-refractivity contribution in [3.8, 4) is 17.3 Å². The molecule has 242 valence electrons. The van der Waals surface area contributed by atoms with Crippen LogP contribution in [0, 0.1) is 11.8 Å². The van der Waals surface area contributed by atoms with Gasteiger partial charge in [-0.05, 0) is 75.3 Å². The molecule has 0 spiro atoms. The summed E-state index contributed by atoms with van der Waals surface area (Å²) < 4.78 is 36.7. The molecule has 1 aromatic carbocycles. The van der Waals surface area contributed by atoms with E-state index in [0.717, 1.165) is 66.7 Å². The zero-order valence-electron chi connectivity index (χ0n) is 26.3. The Morgan fingerprint density at radius 2 is 1.91 bits per heavy atom. The van der Waals surface area contributed by atoms with Gasteiger partial charge in [0.2, 0.25) is 11.8 Å². The van der Waals surface area contributed by atoms with Gasteiger partial charge in [-0.15, -0.1) is 0 Å². The number of aromatic nitrogens is 4. The van der Waals surface area contributed by atoms with Crippen LogP contribution in [0.4, 0.5) is 8.78 Å². The molecule has 8 rings (SSSR count). The first-order valence-electron chi connectivity index (χ1n) is 16.3. The highest BCUT2D eigenvalue weighted by Crippen LogP contribution is 2.43. The van der Waals surface area contributed by atoms with Crippen molar-refractivity contribution in [2.75, 3.05) is 7.11 Å². The summed E-state index contributed by atoms with van der Waals surface area (Å²) in [6.45, 7) is 2.60. The maximum Gasteiger partial charge on any atom is 0.254 e. The molecule has 10 nitrogen and oxygen atoms in total. The highest BCUT2D eigenvalue weighted by molar-refractivity contribution is 6.00. The highest BCUT2D eigenvalue weighted by Gasteiger charge is 2.49. The molecule has 2 saturated carbocycles. The molecule has 4 atom stereocenters. The summed E-state index contributed by atoms with van der Waals surface area (Å²) in [6, 6.07) is 9.46. The molecule has 2 amide bonds. The normalized spacial score (nSPS) is 24.5. The van der Waals surface area contributed by atoms with Crippen LogP contribution in [0.3, 0.4) is 0 Å². The van der Waals surface area contributed by atoms with E-state index in [0.29, 0.717) is 28.4 Å². The number of halogens is 2. The summed E-state index contributed by atoms with van der Waals surface area (Å²) in [6.07, 6.45) is 4.24. The Kier molecular flexibility index (Phi) is 6.69. The molecule has 5 heterocycles. The van der Waals surface area contributed by atoms with Crippen LogP contribution in [-0.2, 0) is 18.4 Å². The summed E-state index contributed by atoms with van der Waals surface area (Å²) in [5.74, 6) is -1.96. The predicted octanol–water partition coefficient (Wildman–Crippen LogP) is 4.94. The molecule has 2 saturated heterocycles. The molecular weight excluding hydrogens is 592 g/mol. The first-order valence-corrected chi connectivity index (χ1v) is 16.3. The van der Waals surface area contributed by atoms with Crippen molar-refractivity contribution >= 4 is 33.9 Å². The van der Waals surface area contributed by atoms with Crippen molar-refractivity contribution in [2.45, 2.75) is 88.5 Å². The van der Waals surface area contributed by atoms with E-state index in [2.05, 4.69) is 16.0 Å². The third kappa shape index (κ3) is 4.75. The number of ether oxygens (including phenoxy) is 1. The molecule has 2 bridgehead atoms. The van der Waals surface area contributed by atoms with E-state index >= 15 is 0 Å². The molecule has 2 aliphatic carbocycles. The van der Waals surface area contributed by atoms with Gasteiger partial charge in [0, 0.05) is 61.4 Å². The molecule has 0 unspecified atom stereocenters. The number of rotatable bonds is 8. The number of fused-ring (bicyclic) bond motifs is 4. The lowest BCUT2D eigenvalue weighted by molar-refractivity contribution is -0.150. The number of methoxy groups -OCH3 is 1. The van der Waals surface area contributed by atoms with Gasteiger partial charge in [0.15, 0.2) is 5.82 Å². The van der Waals surface area contributed by atoms with E-state index in [1.807, 2.05) is 47.7 Å². The summed E-state index contributed by atoms with van der Waals surface area (Å²) in [7, 11) is 3.56. The number of amides is 2. The van der Waals surface area contributed by atoms with Gasteiger partial charge >= 0.3 is 0 Å². The molecule has 12 heteroatoms. The molecule has 4 aliphatic rings. The summed E-state index contributed by atoms with van der Waals surface area (Å²) in [5, 5.41) is 3.82. The zero-order chi connectivity index (χ0) is 32.1. The van der Waals surface area contributed by atoms with Gasteiger partial charge in [-0.25, -0.2) is 18.7 Å². The molecule has 0 radical (unpaired) electrons. The minimum absolute atomic E-state index is 0.0207. The van der Waals surface area contributed by atoms with E-state index in [9.17, 15) is 18.4 Å². The third-order valence-electron chi connectivity index (χ3n) is 10.6. The minimum Gasteiger partial charge on any atom is -0.494 e. The Morgan fingerprint density at radius 1 is 1.13 bits per heavy atom. The molecule has 3 aromatic heterocycles. The number of aryl methyl sites for hydroxylation is 1. The largest absolute Gasteiger partial charge is 0.494 e. The van der Waals surface area contributed by atoms with Crippen LogP contribution in [0.5, 0.6) is 5.75 Å². The van der Waals surface area contributed by atoms with Gasteiger partial charge in [0.1, 0.15) is 16.9 Å². The van der Waals surface area contributed by atoms with Crippen LogP contribution in [-0.4, -0.2) is 67.0 Å². The number of pyridine rings is 1. The second-order valence-electron chi connectivity index (χ2n) is 13.9. The van der Waals surface area contributed by atoms with Crippen LogP contribution in [0.1, 0.15) is 74.0 Å². The lowest BCUT2D eigenvalue weighted by Crippen LogP contribution is -2.45. The Labute approximate surface area is 265 Å². The summed E-state index contributed by atoms with van der Waals surface area (Å²) >= 11 is 0. The maximum atomic E-state index is 13.8. The van der Waals surface area contributed by atoms with Crippen LogP contribution in [0.15, 0.2) is 30.3 Å². The fraction of sp³-hybridized carbons (Fsp3) is 0.529. The van der Waals surface area contributed by atoms with Crippen molar-refractivity contribution in [3.05, 3.63) is 41.6 Å². The Balaban J connectivity index is 1.15. The van der Waals surface area contributed by atoms with Gasteiger partial charge < -0.3 is 29.8 Å². The number of nitrogens with two attached hydrogens (primary N) is 1. The summed E-state index contributed by atoms with van der Waals surface area (Å²) in [4.78, 5) is 38.4. The van der Waals surface area contributed by atoms with Crippen molar-refractivity contribution in [1.29, 1.82) is 0 Å². The van der Waals surface area contributed by atoms with Crippen LogP contribution < -0.4 is 15.8 Å². The van der Waals surface area contributed by atoms with Crippen molar-refractivity contribution < 1.29 is 23.1 Å². The van der Waals surface area contributed by atoms with E-state index in [1.54, 1.807) is 7.11 Å². The highest BCUT2D eigenvalue weighted by atomic mass is 19.3. The molecule has 4 fully saturated rings. The van der Waals surface area contributed by atoms with E-state index in [4.69, 9.17) is 20.4 Å². The third-order valence-corrected chi connectivity index (χ3v) is 10.6. The average molecular weight is 632 g/mol. The van der Waals surface area contributed by atoms with Crippen molar-refractivity contribution in [2.24, 2.45) is 24.6 Å². The smallest absolute Gasteiger partial charge is 0.254 e. The SMILES string of the molecule is COc1cc(C(=O)N2[C@H]3CC[C@@H]2[C@H](N)C3)cc2nc(-c3cc4ccc([C@@H](C)NC(=O)C5CC(F)(F)C5)nc4n3CC3CC3)n(C)c12. The van der Waals surface area contributed by atoms with Gasteiger partial charge in [0.25, 0.3) is 5.91 Å². The zero-order valence-corrected chi connectivity index (χ0v) is 26.3. The Bertz CT molecular complexity index is 1890. The number of nitrogens with zero attached hydrogens (tertiary/aromatic N) is 5. The predicted molar refractivity (Wildman–Crippen MR) is 169 cm³/mol. The molecule has 4 aromatic rings. The molecule has 3 N–H and O–H groups in total. The molecule has 2 aliphatic heterocycles. The van der Waals surface area contributed by atoms with Crippen LogP contribution in [0.2, 0.25) is 0 Å². The van der Waals surface area contributed by atoms with E-state index < -0.39 is 30.7 Å². The second-order valence-corrected chi connectivity index (χ2v) is 13.9. The number of carbonyl (C=O) groups is 2. The van der Waals surface area contributed by atoms with E-state index in [-0.39, 0.29) is 29.9 Å². The van der Waals surface area contributed by atoms with Crippen molar-refractivity contribution in [3.63, 3.8) is 0 Å². The molecular formula is C34H39F2N7O3. The molecule has 46 heavy (non-hydrogen) atoms. The van der Waals surface area contributed by atoms with Crippen LogP contribution >= 0.6 is 0 Å². The second kappa shape index (κ2) is 10.5. The van der Waals surface area contributed by atoms with E-state index in [1.165, 1.54) is 0 Å². The lowest BCUT2D eigenvalue weighted by atomic mass is 9.80. The first kappa shape index (κ1) is 29.3. The number of hydrogen-bond donors (Lipinski definition) is 2. The average Bonchev–Trinajstić information content (AvgIpc) is 3.33. The van der Waals surface area contributed by atoms with Gasteiger partial charge in [0.05, 0.1) is 30.1 Å². The van der Waals surface area contributed by atoms with Gasteiger partial charge in [-0.3, -0.25) is 9.59 Å². The Hall–Kier alpha value is -4.06. The van der Waals surface area contributed by atoms with Crippen LogP contribution in [0.25, 0.3) is 33.6 Å². The van der Waals surface area contributed by atoms with Gasteiger partial charge in [-0.2, -0.15) is 0 Å². The standard InChI is InChI=1S/C34H39F2N7O3/c1-17(38-32(44)21-14-34(35,36)15-21)24-8-6-19-11-27(42(30(19)39-24)16-18-4-5-18)31-40-25-10-20(12-28(46-3)29(25)41(31)2)33(45)43-22-7-9-26(43)23(37)13-22/h6,8,10-12,17-18,21-23,26H,4-5,7,9,13-16,37H2,1-3H3,(H,38,44)/t17-,22+,23-,26-/m1/s1. The Morgan fingerprint density at radius 3 is 2.57 bits per heavy atom. The van der Waals surface area contributed by atoms with Gasteiger partial charge in [-0.1, -0.05) is 0 Å². The summed E-state index contributed by atoms with van der Waals surface area (Å²) in [5.41, 5.74) is 10.7. The fourth-order valence-electron chi connectivity index (χ4n) is 7.88. The maximum absolute atomic E-state index is 13.8. The lowest BCUT2D eigenvalue weighted by Gasteiger charge is -2.34. The minimum atomic E-state index is -2.75. The monoisotopic (exact) mass is 631 g/mol. The number of alkyl halides is 2. The quantitative estimate of drug-likeness (QED) is 0.285. The number of imidazole rings is 1. The fourth-order valence-corrected chi connectivity index (χ4v) is 7.88. The van der Waals surface area contributed by atoms with Crippen molar-refractivity contribution in [1.82, 2.24) is 29.3 Å².